The second-order valence-corrected chi connectivity index (χ2v) is 3.67. The van der Waals surface area contributed by atoms with E-state index in [0.29, 0.717) is 0 Å². The fourth-order valence-corrected chi connectivity index (χ4v) is 1.44. The second kappa shape index (κ2) is 5.54. The zero-order chi connectivity index (χ0) is 12.3. The Morgan fingerprint density at radius 3 is 2.44 bits per heavy atom. The van der Waals surface area contributed by atoms with Crippen molar-refractivity contribution in [3.05, 3.63) is 34.4 Å². The maximum absolute atomic E-state index is 13.4. The van der Waals surface area contributed by atoms with Crippen LogP contribution in [-0.4, -0.2) is 28.0 Å². The van der Waals surface area contributed by atoms with E-state index in [0.717, 1.165) is 12.1 Å². The van der Waals surface area contributed by atoms with Gasteiger partial charge in [-0.3, -0.25) is 0 Å². The van der Waals surface area contributed by atoms with E-state index in [-0.39, 0.29) is 18.6 Å². The van der Waals surface area contributed by atoms with Gasteiger partial charge in [0.05, 0.1) is 6.10 Å². The Balaban J connectivity index is 3.00. The van der Waals surface area contributed by atoms with E-state index in [1.54, 1.807) is 0 Å². The Bertz CT molecular complexity index is 373. The third kappa shape index (κ3) is 2.68. The molecule has 0 spiro atoms. The van der Waals surface area contributed by atoms with Crippen LogP contribution in [0.2, 0.25) is 5.02 Å². The van der Waals surface area contributed by atoms with Crippen molar-refractivity contribution < 1.29 is 24.1 Å². The fourth-order valence-electron chi connectivity index (χ4n) is 1.27. The molecule has 1 rings (SSSR count). The quantitative estimate of drug-likeness (QED) is 0.710. The second-order valence-electron chi connectivity index (χ2n) is 3.29. The molecule has 0 saturated heterocycles. The molecule has 0 amide bonds. The van der Waals surface area contributed by atoms with E-state index >= 15 is 0 Å². The van der Waals surface area contributed by atoms with E-state index in [2.05, 4.69) is 0 Å². The fraction of sp³-hybridized carbons (Fsp3) is 0.400. The third-order valence-electron chi connectivity index (χ3n) is 2.17. The van der Waals surface area contributed by atoms with Crippen LogP contribution in [0.4, 0.5) is 8.78 Å². The zero-order valence-corrected chi connectivity index (χ0v) is 8.96. The van der Waals surface area contributed by atoms with Crippen molar-refractivity contribution >= 4 is 11.6 Å². The predicted octanol–water partition coefficient (Wildman–Crippen LogP) is 1.39. The summed E-state index contributed by atoms with van der Waals surface area (Å²) >= 11 is 5.32. The molecule has 90 valence electrons. The van der Waals surface area contributed by atoms with Crippen molar-refractivity contribution in [3.8, 4) is 0 Å². The van der Waals surface area contributed by atoms with Gasteiger partial charge in [-0.2, -0.15) is 0 Å². The normalized spacial score (nSPS) is 14.9. The van der Waals surface area contributed by atoms with Crippen molar-refractivity contribution in [2.24, 2.45) is 0 Å². The first-order chi connectivity index (χ1) is 7.49. The van der Waals surface area contributed by atoms with Crippen LogP contribution in [0.3, 0.4) is 0 Å². The van der Waals surface area contributed by atoms with Crippen LogP contribution in [0.5, 0.6) is 0 Å². The third-order valence-corrected chi connectivity index (χ3v) is 2.52. The van der Waals surface area contributed by atoms with Crippen molar-refractivity contribution in [2.75, 3.05) is 6.61 Å². The van der Waals surface area contributed by atoms with E-state index in [1.165, 1.54) is 0 Å². The molecule has 1 aromatic carbocycles. The Morgan fingerprint density at radius 1 is 1.25 bits per heavy atom. The first-order valence-corrected chi connectivity index (χ1v) is 4.97. The number of hydrogen-bond acceptors (Lipinski definition) is 3. The molecule has 0 bridgehead atoms. The average molecular weight is 253 g/mol. The van der Waals surface area contributed by atoms with Gasteiger partial charge in [-0.05, 0) is 12.5 Å². The van der Waals surface area contributed by atoms with Crippen molar-refractivity contribution in [2.45, 2.75) is 18.6 Å². The molecule has 0 aromatic heterocycles. The average Bonchev–Trinajstić information content (AvgIpc) is 2.26. The Labute approximate surface area is 95.9 Å². The number of benzene rings is 1. The van der Waals surface area contributed by atoms with E-state index < -0.39 is 28.9 Å². The molecule has 3 N–H and O–H groups in total. The molecule has 0 heterocycles. The number of rotatable bonds is 4. The van der Waals surface area contributed by atoms with Crippen molar-refractivity contribution in [1.29, 1.82) is 0 Å². The highest BCUT2D eigenvalue weighted by atomic mass is 35.5. The van der Waals surface area contributed by atoms with Gasteiger partial charge in [-0.15, -0.1) is 0 Å². The first kappa shape index (κ1) is 13.3. The predicted molar refractivity (Wildman–Crippen MR) is 54.0 cm³/mol. The van der Waals surface area contributed by atoms with Crippen molar-refractivity contribution in [1.82, 2.24) is 0 Å². The maximum Gasteiger partial charge on any atom is 0.150 e. The van der Waals surface area contributed by atoms with Crippen LogP contribution in [0, 0.1) is 11.6 Å². The van der Waals surface area contributed by atoms with Crippen LogP contribution >= 0.6 is 11.6 Å². The molecule has 3 nitrogen and oxygen atoms in total. The standard InChI is InChI=1S/C10H11ClF2O3/c11-8-6(12)2-1-5(9(8)13)10(16)7(15)3-4-14/h1-2,7,10,14-16H,3-4H2. The molecule has 0 aliphatic rings. The van der Waals surface area contributed by atoms with Crippen LogP contribution in [-0.2, 0) is 0 Å². The molecule has 0 fully saturated rings. The van der Waals surface area contributed by atoms with Gasteiger partial charge >= 0.3 is 0 Å². The summed E-state index contributed by atoms with van der Waals surface area (Å²) in [4.78, 5) is 0. The summed E-state index contributed by atoms with van der Waals surface area (Å²) in [5, 5.41) is 26.7. The maximum atomic E-state index is 13.4. The molecule has 0 aliphatic heterocycles. The van der Waals surface area contributed by atoms with Crippen LogP contribution in [0.15, 0.2) is 12.1 Å². The molecule has 2 unspecified atom stereocenters. The zero-order valence-electron chi connectivity index (χ0n) is 8.20. The number of halogens is 3. The topological polar surface area (TPSA) is 60.7 Å². The highest BCUT2D eigenvalue weighted by molar-refractivity contribution is 6.30. The van der Waals surface area contributed by atoms with Crippen LogP contribution in [0.1, 0.15) is 18.1 Å². The van der Waals surface area contributed by atoms with Gasteiger partial charge in [0.15, 0.2) is 5.82 Å². The van der Waals surface area contributed by atoms with Gasteiger partial charge in [0.25, 0.3) is 0 Å². The Morgan fingerprint density at radius 2 is 1.88 bits per heavy atom. The van der Waals surface area contributed by atoms with Gasteiger partial charge in [0.2, 0.25) is 0 Å². The summed E-state index contributed by atoms with van der Waals surface area (Å²) in [6.45, 7) is -0.352. The summed E-state index contributed by atoms with van der Waals surface area (Å²) in [6.07, 6.45) is -3.00. The molecule has 0 saturated carbocycles. The number of aliphatic hydroxyl groups is 3. The van der Waals surface area contributed by atoms with Gasteiger partial charge in [-0.25, -0.2) is 8.78 Å². The summed E-state index contributed by atoms with van der Waals surface area (Å²) in [5.74, 6) is -2.04. The lowest BCUT2D eigenvalue weighted by Crippen LogP contribution is -2.20. The van der Waals surface area contributed by atoms with Crippen LogP contribution in [0.25, 0.3) is 0 Å². The van der Waals surface area contributed by atoms with Crippen LogP contribution < -0.4 is 0 Å². The molecular formula is C10H11ClF2O3. The largest absolute Gasteiger partial charge is 0.396 e. The lowest BCUT2D eigenvalue weighted by atomic mass is 10.0. The molecule has 1 aromatic rings. The van der Waals surface area contributed by atoms with Gasteiger partial charge in [-0.1, -0.05) is 17.7 Å². The summed E-state index contributed by atoms with van der Waals surface area (Å²) in [7, 11) is 0. The number of hydrogen-bond donors (Lipinski definition) is 3. The minimum absolute atomic E-state index is 0.115. The highest BCUT2D eigenvalue weighted by Crippen LogP contribution is 2.28. The molecule has 6 heteroatoms. The molecule has 0 aliphatic carbocycles. The monoisotopic (exact) mass is 252 g/mol. The molecule has 16 heavy (non-hydrogen) atoms. The van der Waals surface area contributed by atoms with E-state index in [9.17, 15) is 19.0 Å². The summed E-state index contributed by atoms with van der Waals surface area (Å²) in [6, 6.07) is 1.90. The van der Waals surface area contributed by atoms with Gasteiger partial charge < -0.3 is 15.3 Å². The Hall–Kier alpha value is -0.750. The van der Waals surface area contributed by atoms with E-state index in [1.807, 2.05) is 0 Å². The molecule has 2 atom stereocenters. The lowest BCUT2D eigenvalue weighted by Gasteiger charge is -2.18. The summed E-state index contributed by atoms with van der Waals surface area (Å²) < 4.78 is 26.2. The van der Waals surface area contributed by atoms with Gasteiger partial charge in [0.1, 0.15) is 16.9 Å². The minimum Gasteiger partial charge on any atom is -0.396 e. The van der Waals surface area contributed by atoms with Crippen molar-refractivity contribution in [3.63, 3.8) is 0 Å². The summed E-state index contributed by atoms with van der Waals surface area (Å²) in [5.41, 5.74) is -0.299. The lowest BCUT2D eigenvalue weighted by molar-refractivity contribution is 0.00232. The SMILES string of the molecule is OCCC(O)C(O)c1ccc(F)c(Cl)c1F. The van der Waals surface area contributed by atoms with Gasteiger partial charge in [0, 0.05) is 12.2 Å². The number of aliphatic hydroxyl groups excluding tert-OH is 3. The first-order valence-electron chi connectivity index (χ1n) is 4.59. The molecule has 0 radical (unpaired) electrons. The smallest absolute Gasteiger partial charge is 0.150 e. The minimum atomic E-state index is -1.55. The van der Waals surface area contributed by atoms with E-state index in [4.69, 9.17) is 16.7 Å². The highest BCUT2D eigenvalue weighted by Gasteiger charge is 2.23. The molecular weight excluding hydrogens is 242 g/mol. The Kier molecular flexibility index (Phi) is 4.61.